The van der Waals surface area contributed by atoms with Gasteiger partial charge < -0.3 is 9.73 Å². The highest BCUT2D eigenvalue weighted by atomic mass is 19.4. The van der Waals surface area contributed by atoms with Crippen molar-refractivity contribution in [3.05, 3.63) is 47.7 Å². The van der Waals surface area contributed by atoms with Gasteiger partial charge >= 0.3 is 6.18 Å². The summed E-state index contributed by atoms with van der Waals surface area (Å²) in [5.74, 6) is -0.107. The van der Waals surface area contributed by atoms with E-state index in [0.29, 0.717) is 0 Å². The van der Waals surface area contributed by atoms with Gasteiger partial charge in [0.15, 0.2) is 5.76 Å². The highest BCUT2D eigenvalue weighted by Gasteiger charge is 2.30. The Hall–Kier alpha value is -2.24. The molecule has 1 N–H and O–H groups in total. The SMILES string of the molecule is CCC(C)(C)NC(=O)c1ccc(-c2cccc(C(F)(F)F)c2)o1. The van der Waals surface area contributed by atoms with Gasteiger partial charge in [0, 0.05) is 11.1 Å². The summed E-state index contributed by atoms with van der Waals surface area (Å²) in [6.45, 7) is 5.69. The fourth-order valence-corrected chi connectivity index (χ4v) is 1.92. The topological polar surface area (TPSA) is 42.2 Å². The van der Waals surface area contributed by atoms with Crippen molar-refractivity contribution in [1.29, 1.82) is 0 Å². The first kappa shape index (κ1) is 17.1. The van der Waals surface area contributed by atoms with E-state index in [1.54, 1.807) is 0 Å². The van der Waals surface area contributed by atoms with Crippen LogP contribution in [0.4, 0.5) is 13.2 Å². The van der Waals surface area contributed by atoms with Gasteiger partial charge in [0.25, 0.3) is 5.91 Å². The molecule has 3 nitrogen and oxygen atoms in total. The summed E-state index contributed by atoms with van der Waals surface area (Å²) in [6.07, 6.45) is -3.69. The van der Waals surface area contributed by atoms with E-state index in [4.69, 9.17) is 4.42 Å². The van der Waals surface area contributed by atoms with E-state index >= 15 is 0 Å². The van der Waals surface area contributed by atoms with E-state index in [1.165, 1.54) is 24.3 Å². The predicted octanol–water partition coefficient (Wildman–Crippen LogP) is 4.88. The second-order valence-corrected chi connectivity index (χ2v) is 5.93. The van der Waals surface area contributed by atoms with E-state index in [-0.39, 0.29) is 22.6 Å². The van der Waals surface area contributed by atoms with Gasteiger partial charge in [-0.25, -0.2) is 0 Å². The van der Waals surface area contributed by atoms with Crippen LogP contribution in [0.2, 0.25) is 0 Å². The smallest absolute Gasteiger partial charge is 0.416 e. The number of carbonyl (C=O) groups excluding carboxylic acids is 1. The van der Waals surface area contributed by atoms with Crippen molar-refractivity contribution < 1.29 is 22.4 Å². The average molecular weight is 325 g/mol. The summed E-state index contributed by atoms with van der Waals surface area (Å²) < 4.78 is 43.7. The van der Waals surface area contributed by atoms with Crippen molar-refractivity contribution in [3.8, 4) is 11.3 Å². The van der Waals surface area contributed by atoms with Gasteiger partial charge in [0.1, 0.15) is 5.76 Å². The number of carbonyl (C=O) groups is 1. The third-order valence-corrected chi connectivity index (χ3v) is 3.64. The molecule has 6 heteroatoms. The molecule has 2 rings (SSSR count). The molecule has 0 aliphatic heterocycles. The quantitative estimate of drug-likeness (QED) is 0.870. The first-order valence-corrected chi connectivity index (χ1v) is 7.22. The lowest BCUT2D eigenvalue weighted by Gasteiger charge is -2.23. The van der Waals surface area contributed by atoms with Crippen LogP contribution < -0.4 is 5.32 Å². The number of hydrogen-bond acceptors (Lipinski definition) is 2. The minimum absolute atomic E-state index is 0.0685. The van der Waals surface area contributed by atoms with Gasteiger partial charge in [-0.15, -0.1) is 0 Å². The summed E-state index contributed by atoms with van der Waals surface area (Å²) >= 11 is 0. The highest BCUT2D eigenvalue weighted by molar-refractivity contribution is 5.92. The van der Waals surface area contributed by atoms with Crippen LogP contribution in [-0.4, -0.2) is 11.4 Å². The van der Waals surface area contributed by atoms with Crippen LogP contribution in [0.1, 0.15) is 43.3 Å². The van der Waals surface area contributed by atoms with E-state index in [9.17, 15) is 18.0 Å². The lowest BCUT2D eigenvalue weighted by atomic mass is 10.0. The maximum atomic E-state index is 12.7. The molecular formula is C17H18F3NO2. The van der Waals surface area contributed by atoms with Gasteiger partial charge in [-0.05, 0) is 44.5 Å². The van der Waals surface area contributed by atoms with Crippen molar-refractivity contribution in [2.75, 3.05) is 0 Å². The van der Waals surface area contributed by atoms with Crippen LogP contribution in [0, 0.1) is 0 Å². The largest absolute Gasteiger partial charge is 0.451 e. The highest BCUT2D eigenvalue weighted by Crippen LogP contribution is 2.32. The third-order valence-electron chi connectivity index (χ3n) is 3.64. The minimum atomic E-state index is -4.42. The molecular weight excluding hydrogens is 307 g/mol. The Kier molecular flexibility index (Phi) is 4.54. The van der Waals surface area contributed by atoms with Gasteiger partial charge in [0.05, 0.1) is 5.56 Å². The van der Waals surface area contributed by atoms with Crippen molar-refractivity contribution >= 4 is 5.91 Å². The van der Waals surface area contributed by atoms with Gasteiger partial charge in [0.2, 0.25) is 0 Å². The molecule has 0 aliphatic carbocycles. The number of furan rings is 1. The van der Waals surface area contributed by atoms with Gasteiger partial charge in [-0.1, -0.05) is 19.1 Å². The molecule has 0 radical (unpaired) electrons. The Morgan fingerprint density at radius 2 is 1.87 bits per heavy atom. The standard InChI is InChI=1S/C17H18F3NO2/c1-4-16(2,3)21-15(22)14-9-8-13(23-14)11-6-5-7-12(10-11)17(18,19)20/h5-10H,4H2,1-3H3,(H,21,22). The zero-order valence-corrected chi connectivity index (χ0v) is 13.1. The first-order chi connectivity index (χ1) is 10.6. The Balaban J connectivity index is 2.24. The second-order valence-electron chi connectivity index (χ2n) is 5.93. The van der Waals surface area contributed by atoms with Gasteiger partial charge in [-0.2, -0.15) is 13.2 Å². The van der Waals surface area contributed by atoms with E-state index < -0.39 is 17.6 Å². The molecule has 23 heavy (non-hydrogen) atoms. The second kappa shape index (κ2) is 6.10. The van der Waals surface area contributed by atoms with Crippen molar-refractivity contribution in [2.24, 2.45) is 0 Å². The molecule has 0 bridgehead atoms. The molecule has 0 saturated carbocycles. The van der Waals surface area contributed by atoms with Gasteiger partial charge in [-0.3, -0.25) is 4.79 Å². The Morgan fingerprint density at radius 1 is 1.17 bits per heavy atom. The van der Waals surface area contributed by atoms with Crippen molar-refractivity contribution in [2.45, 2.75) is 38.9 Å². The maximum Gasteiger partial charge on any atom is 0.416 e. The number of amides is 1. The van der Waals surface area contributed by atoms with Crippen LogP contribution in [0.3, 0.4) is 0 Å². The van der Waals surface area contributed by atoms with Crippen LogP contribution in [0.15, 0.2) is 40.8 Å². The Labute approximate surface area is 132 Å². The number of hydrogen-bond donors (Lipinski definition) is 1. The van der Waals surface area contributed by atoms with E-state index in [1.807, 2.05) is 20.8 Å². The van der Waals surface area contributed by atoms with Crippen molar-refractivity contribution in [1.82, 2.24) is 5.32 Å². The number of halogens is 3. The molecule has 0 aliphatic rings. The first-order valence-electron chi connectivity index (χ1n) is 7.22. The molecule has 124 valence electrons. The fraction of sp³-hybridized carbons (Fsp3) is 0.353. The molecule has 1 heterocycles. The summed E-state index contributed by atoms with van der Waals surface area (Å²) in [7, 11) is 0. The Bertz CT molecular complexity index is 702. The van der Waals surface area contributed by atoms with E-state index in [2.05, 4.69) is 5.32 Å². The molecule has 1 aromatic heterocycles. The zero-order valence-electron chi connectivity index (χ0n) is 13.1. The number of rotatable bonds is 4. The fourth-order valence-electron chi connectivity index (χ4n) is 1.92. The van der Waals surface area contributed by atoms with Crippen LogP contribution in [0.5, 0.6) is 0 Å². The number of alkyl halides is 3. The molecule has 0 fully saturated rings. The number of benzene rings is 1. The van der Waals surface area contributed by atoms with Crippen LogP contribution in [0.25, 0.3) is 11.3 Å². The summed E-state index contributed by atoms with van der Waals surface area (Å²) in [4.78, 5) is 12.1. The summed E-state index contributed by atoms with van der Waals surface area (Å²) in [6, 6.07) is 7.74. The monoisotopic (exact) mass is 325 g/mol. The lowest BCUT2D eigenvalue weighted by molar-refractivity contribution is -0.137. The van der Waals surface area contributed by atoms with Crippen LogP contribution >= 0.6 is 0 Å². The predicted molar refractivity (Wildman–Crippen MR) is 81.0 cm³/mol. The van der Waals surface area contributed by atoms with Crippen LogP contribution in [-0.2, 0) is 6.18 Å². The zero-order chi connectivity index (χ0) is 17.3. The Morgan fingerprint density at radius 3 is 2.48 bits per heavy atom. The molecule has 2 aromatic rings. The normalized spacial score (nSPS) is 12.3. The third kappa shape index (κ3) is 4.15. The molecule has 1 amide bonds. The average Bonchev–Trinajstić information content (AvgIpc) is 2.96. The molecule has 0 unspecified atom stereocenters. The lowest BCUT2D eigenvalue weighted by Crippen LogP contribution is -2.42. The summed E-state index contributed by atoms with van der Waals surface area (Å²) in [5.41, 5.74) is -0.876. The van der Waals surface area contributed by atoms with E-state index in [0.717, 1.165) is 18.6 Å². The number of nitrogens with one attached hydrogen (secondary N) is 1. The molecule has 0 atom stereocenters. The minimum Gasteiger partial charge on any atom is -0.451 e. The molecule has 0 spiro atoms. The molecule has 1 aromatic carbocycles. The molecule has 0 saturated heterocycles. The summed E-state index contributed by atoms with van der Waals surface area (Å²) in [5, 5.41) is 2.81. The van der Waals surface area contributed by atoms with Crippen molar-refractivity contribution in [3.63, 3.8) is 0 Å². The maximum absolute atomic E-state index is 12.7.